The van der Waals surface area contributed by atoms with Crippen molar-refractivity contribution < 1.29 is 17.9 Å². The molecule has 0 aliphatic carbocycles. The number of nitrogens with two attached hydrogens (primary N) is 1. The van der Waals surface area contributed by atoms with E-state index in [0.717, 1.165) is 32.4 Å². The summed E-state index contributed by atoms with van der Waals surface area (Å²) in [5.41, 5.74) is 6.14. The maximum atomic E-state index is 12.4. The van der Waals surface area contributed by atoms with Gasteiger partial charge in [-0.05, 0) is 50.9 Å². The third-order valence-electron chi connectivity index (χ3n) is 3.87. The van der Waals surface area contributed by atoms with Gasteiger partial charge < -0.3 is 10.5 Å². The van der Waals surface area contributed by atoms with Crippen LogP contribution in [-0.2, 0) is 6.54 Å². The van der Waals surface area contributed by atoms with E-state index in [0.29, 0.717) is 24.6 Å². The number of likely N-dealkylation sites (tertiary alicyclic amines) is 1. The molecule has 1 aromatic rings. The summed E-state index contributed by atoms with van der Waals surface area (Å²) in [5, 5.41) is 0. The fourth-order valence-electron chi connectivity index (χ4n) is 2.77. The van der Waals surface area contributed by atoms with E-state index in [9.17, 15) is 13.2 Å². The summed E-state index contributed by atoms with van der Waals surface area (Å²) in [7, 11) is 0. The smallest absolute Gasteiger partial charge is 0.405 e. The molecule has 6 heteroatoms. The van der Waals surface area contributed by atoms with Gasteiger partial charge in [-0.25, -0.2) is 0 Å². The molecule has 1 fully saturated rings. The lowest BCUT2D eigenvalue weighted by Crippen LogP contribution is -2.34. The topological polar surface area (TPSA) is 38.5 Å². The van der Waals surface area contributed by atoms with Crippen LogP contribution in [-0.4, -0.2) is 30.9 Å². The Kier molecular flexibility index (Phi) is 5.47. The van der Waals surface area contributed by atoms with E-state index in [1.165, 1.54) is 6.07 Å². The Hall–Kier alpha value is -1.27. The molecular formula is C15H21F3N2O. The fourth-order valence-corrected chi connectivity index (χ4v) is 2.77. The van der Waals surface area contributed by atoms with Gasteiger partial charge in [-0.3, -0.25) is 4.90 Å². The summed E-state index contributed by atoms with van der Waals surface area (Å²) in [6.45, 7) is 2.98. The summed E-state index contributed by atoms with van der Waals surface area (Å²) in [4.78, 5) is 2.17. The third-order valence-corrected chi connectivity index (χ3v) is 3.87. The van der Waals surface area contributed by atoms with Gasteiger partial charge in [0.15, 0.2) is 0 Å². The Morgan fingerprint density at radius 2 is 1.86 bits per heavy atom. The Morgan fingerprint density at radius 1 is 1.19 bits per heavy atom. The molecule has 2 N–H and O–H groups in total. The molecule has 3 nitrogen and oxygen atoms in total. The molecule has 0 spiro atoms. The number of rotatable bonds is 5. The highest BCUT2D eigenvalue weighted by atomic mass is 19.4. The lowest BCUT2D eigenvalue weighted by molar-refractivity contribution is -0.275. The van der Waals surface area contributed by atoms with Crippen LogP contribution in [0, 0.1) is 5.92 Å². The first-order chi connectivity index (χ1) is 9.98. The Bertz CT molecular complexity index is 443. The van der Waals surface area contributed by atoms with Crippen LogP contribution < -0.4 is 10.5 Å². The minimum Gasteiger partial charge on any atom is -0.405 e. The van der Waals surface area contributed by atoms with Crippen LogP contribution in [0.25, 0.3) is 0 Å². The second kappa shape index (κ2) is 7.13. The first-order valence-corrected chi connectivity index (χ1v) is 7.24. The minimum atomic E-state index is -4.65. The highest BCUT2D eigenvalue weighted by molar-refractivity contribution is 5.33. The number of alkyl halides is 3. The average molecular weight is 302 g/mol. The zero-order valence-corrected chi connectivity index (χ0v) is 11.9. The lowest BCUT2D eigenvalue weighted by Gasteiger charge is -2.32. The van der Waals surface area contributed by atoms with Gasteiger partial charge in [0, 0.05) is 12.1 Å². The van der Waals surface area contributed by atoms with Crippen molar-refractivity contribution in [2.75, 3.05) is 19.6 Å². The molecule has 0 aromatic heterocycles. The Balaban J connectivity index is 1.94. The number of para-hydroxylation sites is 1. The Morgan fingerprint density at radius 3 is 2.48 bits per heavy atom. The summed E-state index contributed by atoms with van der Waals surface area (Å²) < 4.78 is 41.3. The van der Waals surface area contributed by atoms with Gasteiger partial charge in [0.05, 0.1) is 0 Å². The highest BCUT2D eigenvalue weighted by Crippen LogP contribution is 2.28. The summed E-state index contributed by atoms with van der Waals surface area (Å²) in [6, 6.07) is 6.34. The van der Waals surface area contributed by atoms with E-state index in [1.807, 2.05) is 0 Å². The van der Waals surface area contributed by atoms with E-state index < -0.39 is 6.36 Å². The molecule has 0 amide bonds. The molecule has 1 aliphatic heterocycles. The van der Waals surface area contributed by atoms with Crippen molar-refractivity contribution in [3.63, 3.8) is 0 Å². The van der Waals surface area contributed by atoms with E-state index >= 15 is 0 Å². The van der Waals surface area contributed by atoms with Gasteiger partial charge in [0.25, 0.3) is 0 Å². The predicted molar refractivity (Wildman–Crippen MR) is 74.8 cm³/mol. The van der Waals surface area contributed by atoms with Gasteiger partial charge in [0.1, 0.15) is 5.75 Å². The number of hydrogen-bond acceptors (Lipinski definition) is 3. The molecule has 1 aromatic carbocycles. The number of ether oxygens (including phenoxy) is 1. The van der Waals surface area contributed by atoms with E-state index in [2.05, 4.69) is 9.64 Å². The van der Waals surface area contributed by atoms with Crippen molar-refractivity contribution >= 4 is 0 Å². The molecule has 2 rings (SSSR count). The van der Waals surface area contributed by atoms with Crippen LogP contribution in [0.4, 0.5) is 13.2 Å². The fraction of sp³-hybridized carbons (Fsp3) is 0.600. The van der Waals surface area contributed by atoms with Crippen LogP contribution in [0.3, 0.4) is 0 Å². The SMILES string of the molecule is NCCC1CCN(Cc2ccccc2OC(F)(F)F)CC1. The molecule has 118 valence electrons. The van der Waals surface area contributed by atoms with Crippen molar-refractivity contribution in [2.45, 2.75) is 32.2 Å². The molecular weight excluding hydrogens is 281 g/mol. The van der Waals surface area contributed by atoms with Crippen molar-refractivity contribution in [1.29, 1.82) is 0 Å². The molecule has 21 heavy (non-hydrogen) atoms. The van der Waals surface area contributed by atoms with Crippen molar-refractivity contribution in [3.05, 3.63) is 29.8 Å². The molecule has 0 atom stereocenters. The Labute approximate surface area is 122 Å². The van der Waals surface area contributed by atoms with Crippen molar-refractivity contribution in [1.82, 2.24) is 4.90 Å². The maximum absolute atomic E-state index is 12.4. The first kappa shape index (κ1) is 16.1. The number of hydrogen-bond donors (Lipinski definition) is 1. The van der Waals surface area contributed by atoms with Gasteiger partial charge >= 0.3 is 6.36 Å². The number of nitrogens with zero attached hydrogens (tertiary/aromatic N) is 1. The van der Waals surface area contributed by atoms with Crippen LogP contribution in [0.15, 0.2) is 24.3 Å². The zero-order valence-electron chi connectivity index (χ0n) is 11.9. The van der Waals surface area contributed by atoms with E-state index in [4.69, 9.17) is 5.73 Å². The molecule has 0 saturated carbocycles. The maximum Gasteiger partial charge on any atom is 0.573 e. The summed E-state index contributed by atoms with van der Waals surface area (Å²) in [5.74, 6) is 0.544. The van der Waals surface area contributed by atoms with Crippen LogP contribution in [0.5, 0.6) is 5.75 Å². The second-order valence-electron chi connectivity index (χ2n) is 5.45. The molecule has 0 bridgehead atoms. The quantitative estimate of drug-likeness (QED) is 0.908. The molecule has 0 unspecified atom stereocenters. The number of benzene rings is 1. The summed E-state index contributed by atoms with van der Waals surface area (Å²) in [6.07, 6.45) is -1.51. The number of halogens is 3. The molecule has 1 aliphatic rings. The average Bonchev–Trinajstić information content (AvgIpc) is 2.42. The number of piperidine rings is 1. The van der Waals surface area contributed by atoms with Crippen LogP contribution in [0.1, 0.15) is 24.8 Å². The third kappa shape index (κ3) is 5.21. The zero-order chi connectivity index (χ0) is 15.3. The largest absolute Gasteiger partial charge is 0.573 e. The van der Waals surface area contributed by atoms with Gasteiger partial charge in [-0.2, -0.15) is 0 Å². The van der Waals surface area contributed by atoms with Crippen LogP contribution >= 0.6 is 0 Å². The second-order valence-corrected chi connectivity index (χ2v) is 5.45. The summed E-state index contributed by atoms with van der Waals surface area (Å²) >= 11 is 0. The normalized spacial score (nSPS) is 17.9. The van der Waals surface area contributed by atoms with E-state index in [1.54, 1.807) is 18.2 Å². The predicted octanol–water partition coefficient (Wildman–Crippen LogP) is 3.15. The van der Waals surface area contributed by atoms with Crippen LogP contribution in [0.2, 0.25) is 0 Å². The van der Waals surface area contributed by atoms with E-state index in [-0.39, 0.29) is 5.75 Å². The monoisotopic (exact) mass is 302 g/mol. The minimum absolute atomic E-state index is 0.103. The van der Waals surface area contributed by atoms with Gasteiger partial charge in [-0.1, -0.05) is 18.2 Å². The molecule has 1 saturated heterocycles. The standard InChI is InChI=1S/C15H21F3N2O/c16-15(17,18)21-14-4-2-1-3-13(14)11-20-9-6-12(5-8-19)7-10-20/h1-4,12H,5-11,19H2. The first-order valence-electron chi connectivity index (χ1n) is 7.24. The highest BCUT2D eigenvalue weighted by Gasteiger charge is 2.32. The van der Waals surface area contributed by atoms with Gasteiger partial charge in [-0.15, -0.1) is 13.2 Å². The van der Waals surface area contributed by atoms with Crippen molar-refractivity contribution in [3.8, 4) is 5.75 Å². The molecule has 0 radical (unpaired) electrons. The van der Waals surface area contributed by atoms with Crippen molar-refractivity contribution in [2.24, 2.45) is 11.7 Å². The molecule has 1 heterocycles. The van der Waals surface area contributed by atoms with Gasteiger partial charge in [0.2, 0.25) is 0 Å². The lowest BCUT2D eigenvalue weighted by atomic mass is 9.93.